The highest BCUT2D eigenvalue weighted by molar-refractivity contribution is 5.83. The molecule has 1 amide bonds. The van der Waals surface area contributed by atoms with E-state index in [0.717, 1.165) is 64.5 Å². The summed E-state index contributed by atoms with van der Waals surface area (Å²) >= 11 is 0. The second kappa shape index (κ2) is 10.5. The molecule has 5 rings (SSSR count). The monoisotopic (exact) mass is 460 g/mol. The number of likely N-dealkylation sites (tertiary alicyclic amines) is 1. The minimum atomic E-state index is -0.194. The smallest absolute Gasteiger partial charge is 0.228 e. The number of nitrogens with two attached hydrogens (primary N) is 1. The number of rotatable bonds is 9. The van der Waals surface area contributed by atoms with Crippen LogP contribution < -0.4 is 10.5 Å². The maximum absolute atomic E-state index is 13.5. The summed E-state index contributed by atoms with van der Waals surface area (Å²) in [7, 11) is 0. The Balaban J connectivity index is 1.33. The standard InChI is InChI=1S/C26H37FN2O4/c27-17-20(18-28)19-33-22-3-1-21(2-4-22)25-7-10-26(11-8-25,12-9-25)24(31)29-13-5-23(6-14-29)32-16-15-30/h1-4,17,23,30H,5-16,18-19,28H2/b20-17+. The van der Waals surface area contributed by atoms with Gasteiger partial charge in [0, 0.05) is 30.6 Å². The molecule has 4 aliphatic rings. The number of carbonyl (C=O) groups is 1. The Morgan fingerprint density at radius 1 is 1.12 bits per heavy atom. The molecular formula is C26H37FN2O4. The van der Waals surface area contributed by atoms with Crippen LogP contribution in [-0.4, -0.2) is 61.5 Å². The Labute approximate surface area is 195 Å². The number of hydrogen-bond donors (Lipinski definition) is 2. The molecule has 1 aliphatic heterocycles. The molecule has 3 aliphatic carbocycles. The molecule has 3 N–H and O–H groups in total. The van der Waals surface area contributed by atoms with Gasteiger partial charge in [-0.2, -0.15) is 0 Å². The van der Waals surface area contributed by atoms with Gasteiger partial charge in [-0.1, -0.05) is 12.1 Å². The van der Waals surface area contributed by atoms with E-state index in [-0.39, 0.29) is 36.7 Å². The lowest BCUT2D eigenvalue weighted by atomic mass is 9.51. The van der Waals surface area contributed by atoms with E-state index in [1.165, 1.54) is 5.56 Å². The van der Waals surface area contributed by atoms with Crippen molar-refractivity contribution < 1.29 is 23.8 Å². The van der Waals surface area contributed by atoms with Crippen LogP contribution in [0.15, 0.2) is 36.2 Å². The van der Waals surface area contributed by atoms with E-state index < -0.39 is 0 Å². The average molecular weight is 461 g/mol. The van der Waals surface area contributed by atoms with Gasteiger partial charge < -0.3 is 25.2 Å². The number of halogens is 1. The molecule has 3 saturated carbocycles. The van der Waals surface area contributed by atoms with Crippen molar-refractivity contribution in [3.63, 3.8) is 0 Å². The van der Waals surface area contributed by atoms with Crippen LogP contribution in [0.4, 0.5) is 4.39 Å². The Morgan fingerprint density at radius 3 is 2.30 bits per heavy atom. The van der Waals surface area contributed by atoms with Crippen molar-refractivity contribution >= 4 is 5.91 Å². The first kappa shape index (κ1) is 24.2. The molecule has 0 spiro atoms. The number of fused-ring (bicyclic) bond motifs is 3. The summed E-state index contributed by atoms with van der Waals surface area (Å²) in [6, 6.07) is 8.18. The SMILES string of the molecule is NC/C(=C\F)COc1ccc(C23CCC(C(=O)N4CCC(OCCO)CC4)(CC2)CC3)cc1. The van der Waals surface area contributed by atoms with E-state index in [1.54, 1.807) is 0 Å². The van der Waals surface area contributed by atoms with Crippen LogP contribution in [0.2, 0.25) is 0 Å². The van der Waals surface area contributed by atoms with Crippen molar-refractivity contribution in [2.75, 3.05) is 39.5 Å². The lowest BCUT2D eigenvalue weighted by Gasteiger charge is -2.54. The third-order valence-electron chi connectivity index (χ3n) is 8.18. The predicted molar refractivity (Wildman–Crippen MR) is 125 cm³/mol. The van der Waals surface area contributed by atoms with Crippen LogP contribution in [-0.2, 0) is 14.9 Å². The van der Waals surface area contributed by atoms with E-state index in [0.29, 0.717) is 30.2 Å². The van der Waals surface area contributed by atoms with E-state index in [9.17, 15) is 9.18 Å². The first-order chi connectivity index (χ1) is 16.0. The van der Waals surface area contributed by atoms with Gasteiger partial charge in [0.05, 0.1) is 25.6 Å². The van der Waals surface area contributed by atoms with Crippen LogP contribution in [0, 0.1) is 5.41 Å². The molecule has 7 heteroatoms. The van der Waals surface area contributed by atoms with Crippen LogP contribution in [0.1, 0.15) is 56.9 Å². The van der Waals surface area contributed by atoms with E-state index >= 15 is 0 Å². The van der Waals surface area contributed by atoms with Gasteiger partial charge in [-0.15, -0.1) is 0 Å². The molecule has 4 fully saturated rings. The fraction of sp³-hybridized carbons (Fsp3) is 0.654. The number of carbonyl (C=O) groups excluding carboxylic acids is 1. The quantitative estimate of drug-likeness (QED) is 0.590. The predicted octanol–water partition coefficient (Wildman–Crippen LogP) is 3.47. The van der Waals surface area contributed by atoms with Gasteiger partial charge in [-0.05, 0) is 74.5 Å². The zero-order valence-corrected chi connectivity index (χ0v) is 19.4. The van der Waals surface area contributed by atoms with Gasteiger partial charge in [0.1, 0.15) is 12.4 Å². The molecule has 0 aromatic heterocycles. The number of ether oxygens (including phenoxy) is 2. The minimum absolute atomic E-state index is 0.0471. The summed E-state index contributed by atoms with van der Waals surface area (Å²) < 4.78 is 24.0. The Hall–Kier alpha value is -1.96. The molecule has 0 unspecified atom stereocenters. The van der Waals surface area contributed by atoms with Crippen molar-refractivity contribution in [2.45, 2.75) is 62.9 Å². The highest BCUT2D eigenvalue weighted by atomic mass is 19.1. The zero-order valence-electron chi connectivity index (χ0n) is 19.4. The second-order valence-corrected chi connectivity index (χ2v) is 9.93. The molecule has 6 nitrogen and oxygen atoms in total. The molecule has 1 heterocycles. The first-order valence-corrected chi connectivity index (χ1v) is 12.3. The van der Waals surface area contributed by atoms with Crippen LogP contribution >= 0.6 is 0 Å². The fourth-order valence-corrected chi connectivity index (χ4v) is 5.94. The molecular weight excluding hydrogens is 423 g/mol. The normalized spacial score (nSPS) is 28.2. The molecule has 0 radical (unpaired) electrons. The van der Waals surface area contributed by atoms with Crippen molar-refractivity contribution in [3.05, 3.63) is 41.7 Å². The van der Waals surface area contributed by atoms with Crippen LogP contribution in [0.5, 0.6) is 5.75 Å². The van der Waals surface area contributed by atoms with E-state index in [2.05, 4.69) is 17.0 Å². The molecule has 182 valence electrons. The Bertz CT molecular complexity index is 809. The second-order valence-electron chi connectivity index (χ2n) is 9.93. The highest BCUT2D eigenvalue weighted by Gasteiger charge is 2.54. The third-order valence-corrected chi connectivity index (χ3v) is 8.18. The number of aliphatic hydroxyl groups excluding tert-OH is 1. The van der Waals surface area contributed by atoms with Crippen molar-refractivity contribution in [1.29, 1.82) is 0 Å². The largest absolute Gasteiger partial charge is 0.489 e. The number of nitrogens with zero attached hydrogens (tertiary/aromatic N) is 1. The molecule has 33 heavy (non-hydrogen) atoms. The fourth-order valence-electron chi connectivity index (χ4n) is 5.94. The first-order valence-electron chi connectivity index (χ1n) is 12.3. The number of aliphatic hydroxyl groups is 1. The van der Waals surface area contributed by atoms with Gasteiger partial charge >= 0.3 is 0 Å². The maximum atomic E-state index is 13.5. The average Bonchev–Trinajstić information content (AvgIpc) is 2.89. The summed E-state index contributed by atoms with van der Waals surface area (Å²) in [5, 5.41) is 8.94. The van der Waals surface area contributed by atoms with E-state index in [4.69, 9.17) is 20.3 Å². The Kier molecular flexibility index (Phi) is 7.72. The topological polar surface area (TPSA) is 85.0 Å². The van der Waals surface area contributed by atoms with Gasteiger partial charge in [0.15, 0.2) is 0 Å². The van der Waals surface area contributed by atoms with Gasteiger partial charge in [-0.25, -0.2) is 4.39 Å². The van der Waals surface area contributed by atoms with Crippen molar-refractivity contribution in [2.24, 2.45) is 11.1 Å². The summed E-state index contributed by atoms with van der Waals surface area (Å²) in [4.78, 5) is 15.6. The van der Waals surface area contributed by atoms with Crippen LogP contribution in [0.25, 0.3) is 0 Å². The highest BCUT2D eigenvalue weighted by Crippen LogP contribution is 2.58. The molecule has 2 bridgehead atoms. The number of amides is 1. The van der Waals surface area contributed by atoms with Gasteiger partial charge in [0.25, 0.3) is 0 Å². The van der Waals surface area contributed by atoms with Crippen molar-refractivity contribution in [1.82, 2.24) is 4.90 Å². The zero-order chi connectivity index (χ0) is 23.3. The van der Waals surface area contributed by atoms with Gasteiger partial charge in [-0.3, -0.25) is 4.79 Å². The number of piperidine rings is 1. The lowest BCUT2D eigenvalue weighted by Crippen LogP contribution is -2.54. The van der Waals surface area contributed by atoms with E-state index in [1.807, 2.05) is 12.1 Å². The van der Waals surface area contributed by atoms with Crippen LogP contribution in [0.3, 0.4) is 0 Å². The molecule has 1 aromatic carbocycles. The molecule has 1 aromatic rings. The van der Waals surface area contributed by atoms with Gasteiger partial charge in [0.2, 0.25) is 5.91 Å². The number of benzene rings is 1. The number of hydrogen-bond acceptors (Lipinski definition) is 5. The maximum Gasteiger partial charge on any atom is 0.228 e. The summed E-state index contributed by atoms with van der Waals surface area (Å²) in [6.07, 6.45) is 8.35. The summed E-state index contributed by atoms with van der Waals surface area (Å²) in [6.45, 7) is 2.24. The molecule has 0 atom stereocenters. The lowest BCUT2D eigenvalue weighted by molar-refractivity contribution is -0.152. The third kappa shape index (κ3) is 5.10. The molecule has 1 saturated heterocycles. The summed E-state index contributed by atoms with van der Waals surface area (Å²) in [5.41, 5.74) is 7.18. The minimum Gasteiger partial charge on any atom is -0.489 e. The summed E-state index contributed by atoms with van der Waals surface area (Å²) in [5.74, 6) is 1.06. The Morgan fingerprint density at radius 2 is 1.76 bits per heavy atom. The van der Waals surface area contributed by atoms with Crippen molar-refractivity contribution in [3.8, 4) is 5.75 Å².